The second kappa shape index (κ2) is 8.39. The Labute approximate surface area is 194 Å². The standard InChI is InChI=1S/C27H30N2O4/c1-27-10-9-18-19-13-25(32-2)24(30)12-21(19)23(11-20(18)22(27)7-8-26(27)31)29-33-15-17-6-4-3-5-16(17)14-28/h3-6,12-13,18,20,22,26,30-31H,7-11,15H2,1-2H3/t18-,20-,22+,26+,27+/m1/s1. The Morgan fingerprint density at radius 2 is 2.03 bits per heavy atom. The van der Waals surface area contributed by atoms with Crippen LogP contribution in [0.4, 0.5) is 0 Å². The molecular formula is C27H30N2O4. The Kier molecular flexibility index (Phi) is 5.54. The van der Waals surface area contributed by atoms with Gasteiger partial charge in [0.05, 0.1) is 30.6 Å². The number of benzene rings is 2. The van der Waals surface area contributed by atoms with E-state index in [4.69, 9.17) is 9.57 Å². The Balaban J connectivity index is 1.51. The van der Waals surface area contributed by atoms with E-state index in [-0.39, 0.29) is 23.9 Å². The Bertz CT molecular complexity index is 1140. The smallest absolute Gasteiger partial charge is 0.160 e. The SMILES string of the molecule is COc1cc2c(cc1O)C(=NOCc1ccccc1C#N)C[C@@H]1[C@@H]2CC[C@]2(C)[C@@H](O)CC[C@@H]12. The molecule has 0 amide bonds. The van der Waals surface area contributed by atoms with Crippen LogP contribution >= 0.6 is 0 Å². The van der Waals surface area contributed by atoms with Crippen molar-refractivity contribution in [1.82, 2.24) is 0 Å². The number of hydrogen-bond acceptors (Lipinski definition) is 6. The monoisotopic (exact) mass is 446 g/mol. The maximum absolute atomic E-state index is 10.7. The molecule has 5 rings (SSSR count). The summed E-state index contributed by atoms with van der Waals surface area (Å²) in [6.45, 7) is 2.45. The minimum atomic E-state index is -0.252. The van der Waals surface area contributed by atoms with Crippen LogP contribution in [-0.2, 0) is 11.4 Å². The first-order chi connectivity index (χ1) is 16.0. The molecule has 0 heterocycles. The lowest BCUT2D eigenvalue weighted by Crippen LogP contribution is -2.45. The first-order valence-corrected chi connectivity index (χ1v) is 11.7. The second-order valence-electron chi connectivity index (χ2n) is 9.91. The molecule has 0 saturated heterocycles. The molecule has 0 radical (unpaired) electrons. The lowest BCUT2D eigenvalue weighted by molar-refractivity contribution is -0.0180. The summed E-state index contributed by atoms with van der Waals surface area (Å²) in [4.78, 5) is 5.77. The summed E-state index contributed by atoms with van der Waals surface area (Å²) >= 11 is 0. The molecule has 3 aliphatic carbocycles. The summed E-state index contributed by atoms with van der Waals surface area (Å²) in [5, 5.41) is 35.1. The van der Waals surface area contributed by atoms with Gasteiger partial charge in [0.2, 0.25) is 0 Å². The molecule has 0 unspecified atom stereocenters. The normalized spacial score (nSPS) is 31.3. The minimum Gasteiger partial charge on any atom is -0.504 e. The predicted molar refractivity (Wildman–Crippen MR) is 124 cm³/mol. The average Bonchev–Trinajstić information content (AvgIpc) is 3.13. The Hall–Kier alpha value is -3.04. The predicted octanol–water partition coefficient (Wildman–Crippen LogP) is 4.87. The van der Waals surface area contributed by atoms with Crippen molar-refractivity contribution in [2.24, 2.45) is 22.4 Å². The molecule has 6 heteroatoms. The molecule has 3 aliphatic rings. The van der Waals surface area contributed by atoms with Gasteiger partial charge in [-0.1, -0.05) is 30.3 Å². The zero-order chi connectivity index (χ0) is 23.2. The van der Waals surface area contributed by atoms with Gasteiger partial charge in [-0.25, -0.2) is 0 Å². The van der Waals surface area contributed by atoms with Crippen molar-refractivity contribution in [3.63, 3.8) is 0 Å². The number of methoxy groups -OCH3 is 1. The van der Waals surface area contributed by atoms with E-state index in [1.807, 2.05) is 24.3 Å². The summed E-state index contributed by atoms with van der Waals surface area (Å²) in [7, 11) is 1.57. The van der Waals surface area contributed by atoms with Crippen LogP contribution in [0.2, 0.25) is 0 Å². The van der Waals surface area contributed by atoms with Crippen molar-refractivity contribution in [2.45, 2.75) is 57.7 Å². The number of hydrogen-bond donors (Lipinski definition) is 2. The van der Waals surface area contributed by atoms with E-state index in [1.165, 1.54) is 0 Å². The fourth-order valence-electron chi connectivity index (χ4n) is 6.59. The van der Waals surface area contributed by atoms with Gasteiger partial charge in [-0.2, -0.15) is 5.26 Å². The van der Waals surface area contributed by atoms with Crippen LogP contribution in [0, 0.1) is 28.6 Å². The molecule has 0 aliphatic heterocycles. The van der Waals surface area contributed by atoms with Crippen molar-refractivity contribution in [2.75, 3.05) is 7.11 Å². The summed E-state index contributed by atoms with van der Waals surface area (Å²) < 4.78 is 5.42. The van der Waals surface area contributed by atoms with Crippen LogP contribution in [0.5, 0.6) is 11.5 Å². The van der Waals surface area contributed by atoms with Gasteiger partial charge < -0.3 is 19.8 Å². The van der Waals surface area contributed by atoms with Crippen molar-refractivity contribution >= 4 is 5.71 Å². The highest BCUT2D eigenvalue weighted by atomic mass is 16.6. The minimum absolute atomic E-state index is 0.0582. The maximum Gasteiger partial charge on any atom is 0.160 e. The highest BCUT2D eigenvalue weighted by molar-refractivity contribution is 6.03. The largest absolute Gasteiger partial charge is 0.504 e. The Morgan fingerprint density at radius 1 is 1.21 bits per heavy atom. The van der Waals surface area contributed by atoms with Crippen molar-refractivity contribution in [3.8, 4) is 17.6 Å². The van der Waals surface area contributed by atoms with Gasteiger partial charge in [-0.15, -0.1) is 0 Å². The zero-order valence-corrected chi connectivity index (χ0v) is 19.1. The highest BCUT2D eigenvalue weighted by Crippen LogP contribution is 2.61. The van der Waals surface area contributed by atoms with E-state index in [0.29, 0.717) is 29.1 Å². The van der Waals surface area contributed by atoms with Gasteiger partial charge in [0.15, 0.2) is 11.5 Å². The first-order valence-electron chi connectivity index (χ1n) is 11.7. The van der Waals surface area contributed by atoms with E-state index in [0.717, 1.165) is 54.5 Å². The number of fused-ring (bicyclic) bond motifs is 5. The van der Waals surface area contributed by atoms with Gasteiger partial charge >= 0.3 is 0 Å². The second-order valence-corrected chi connectivity index (χ2v) is 9.91. The van der Waals surface area contributed by atoms with Gasteiger partial charge in [-0.3, -0.25) is 0 Å². The van der Waals surface area contributed by atoms with E-state index in [9.17, 15) is 15.5 Å². The van der Waals surface area contributed by atoms with E-state index >= 15 is 0 Å². The molecule has 0 aromatic heterocycles. The van der Waals surface area contributed by atoms with Gasteiger partial charge in [-0.05, 0) is 79.0 Å². The fourth-order valence-corrected chi connectivity index (χ4v) is 6.59. The van der Waals surface area contributed by atoms with Crippen LogP contribution in [-0.4, -0.2) is 29.1 Å². The molecule has 5 atom stereocenters. The fraction of sp³-hybridized carbons (Fsp3) is 0.481. The van der Waals surface area contributed by atoms with E-state index < -0.39 is 0 Å². The number of nitrogens with zero attached hydrogens (tertiary/aromatic N) is 2. The Morgan fingerprint density at radius 3 is 2.82 bits per heavy atom. The number of aromatic hydroxyl groups is 1. The summed E-state index contributed by atoms with van der Waals surface area (Å²) in [6, 6.07) is 13.2. The molecule has 6 nitrogen and oxygen atoms in total. The molecule has 172 valence electrons. The third-order valence-electron chi connectivity index (χ3n) is 8.41. The third kappa shape index (κ3) is 3.55. The lowest BCUT2D eigenvalue weighted by Gasteiger charge is -2.50. The molecule has 33 heavy (non-hydrogen) atoms. The van der Waals surface area contributed by atoms with Crippen LogP contribution in [0.25, 0.3) is 0 Å². The molecule has 2 aromatic rings. The summed E-state index contributed by atoms with van der Waals surface area (Å²) in [5.74, 6) is 1.68. The number of phenols is 1. The third-order valence-corrected chi connectivity index (χ3v) is 8.41. The lowest BCUT2D eigenvalue weighted by atomic mass is 9.55. The van der Waals surface area contributed by atoms with Crippen LogP contribution < -0.4 is 4.74 Å². The van der Waals surface area contributed by atoms with Gasteiger partial charge in [0.1, 0.15) is 6.61 Å². The van der Waals surface area contributed by atoms with Crippen LogP contribution in [0.3, 0.4) is 0 Å². The zero-order valence-electron chi connectivity index (χ0n) is 19.1. The van der Waals surface area contributed by atoms with Crippen molar-refractivity contribution in [1.29, 1.82) is 5.26 Å². The van der Waals surface area contributed by atoms with Gasteiger partial charge in [0.25, 0.3) is 0 Å². The topological polar surface area (TPSA) is 95.1 Å². The number of aliphatic hydroxyl groups excluding tert-OH is 1. The molecule has 2 aromatic carbocycles. The number of rotatable bonds is 4. The summed E-state index contributed by atoms with van der Waals surface area (Å²) in [6.07, 6.45) is 4.36. The molecule has 0 spiro atoms. The molecule has 0 bridgehead atoms. The van der Waals surface area contributed by atoms with E-state index in [2.05, 4.69) is 18.1 Å². The number of phenolic OH excluding ortho intramolecular Hbond substituents is 1. The summed E-state index contributed by atoms with van der Waals surface area (Å²) in [5.41, 5.74) is 4.17. The number of nitriles is 1. The van der Waals surface area contributed by atoms with E-state index in [1.54, 1.807) is 19.2 Å². The average molecular weight is 447 g/mol. The quantitative estimate of drug-likeness (QED) is 0.654. The van der Waals surface area contributed by atoms with Crippen molar-refractivity contribution in [3.05, 3.63) is 58.7 Å². The molecular weight excluding hydrogens is 416 g/mol. The molecule has 2 fully saturated rings. The molecule has 2 N–H and O–H groups in total. The molecule has 2 saturated carbocycles. The van der Waals surface area contributed by atoms with Gasteiger partial charge in [0, 0.05) is 11.1 Å². The van der Waals surface area contributed by atoms with Crippen LogP contribution in [0.1, 0.15) is 67.2 Å². The number of ether oxygens (including phenoxy) is 1. The maximum atomic E-state index is 10.7. The van der Waals surface area contributed by atoms with Crippen LogP contribution in [0.15, 0.2) is 41.6 Å². The van der Waals surface area contributed by atoms with Crippen molar-refractivity contribution < 1.29 is 19.8 Å². The number of aliphatic hydroxyl groups is 1. The number of oxime groups is 1. The highest BCUT2D eigenvalue weighted by Gasteiger charge is 2.55. The first kappa shape index (κ1) is 21.8.